The van der Waals surface area contributed by atoms with Crippen LogP contribution in [0.1, 0.15) is 29.5 Å². The molecule has 5 rings (SSSR count). The smallest absolute Gasteiger partial charge is 0.261 e. The maximum atomic E-state index is 13.2. The van der Waals surface area contributed by atoms with E-state index >= 15 is 0 Å². The Labute approximate surface area is 187 Å². The molecule has 32 heavy (non-hydrogen) atoms. The molecule has 0 bridgehead atoms. The van der Waals surface area contributed by atoms with Crippen LogP contribution >= 0.6 is 11.8 Å². The number of amides is 1. The minimum absolute atomic E-state index is 0.0732. The van der Waals surface area contributed by atoms with Gasteiger partial charge in [0.05, 0.1) is 29.2 Å². The molecule has 0 saturated carbocycles. The van der Waals surface area contributed by atoms with E-state index in [1.165, 1.54) is 21.3 Å². The maximum absolute atomic E-state index is 13.2. The number of rotatable bonds is 5. The highest BCUT2D eigenvalue weighted by molar-refractivity contribution is 7.99. The van der Waals surface area contributed by atoms with Crippen LogP contribution in [0.5, 0.6) is 0 Å². The van der Waals surface area contributed by atoms with Gasteiger partial charge in [-0.2, -0.15) is 5.10 Å². The SMILES string of the molecule is Cc1ccc2nc(SCC(=O)N3N=C(c4ccco4)CC3c3ccco3)n(C)c(=O)c2c1. The standard InChI is InChI=1S/C23H20N4O4S/c1-14-7-8-16-15(11-14)22(29)26(2)23(24-16)32-13-21(28)27-18(20-6-4-10-31-20)12-17(25-27)19-5-3-9-30-19/h3-11,18H,12-13H2,1-2H3. The van der Waals surface area contributed by atoms with Crippen LogP contribution in [0.15, 0.2) is 78.9 Å². The second kappa shape index (κ2) is 8.16. The number of benzene rings is 1. The summed E-state index contributed by atoms with van der Waals surface area (Å²) in [5.41, 5.74) is 2.15. The summed E-state index contributed by atoms with van der Waals surface area (Å²) < 4.78 is 12.5. The molecule has 0 aliphatic carbocycles. The van der Waals surface area contributed by atoms with E-state index in [-0.39, 0.29) is 23.3 Å². The summed E-state index contributed by atoms with van der Waals surface area (Å²) in [6.07, 6.45) is 3.64. The molecule has 1 atom stereocenters. The van der Waals surface area contributed by atoms with E-state index in [1.54, 1.807) is 31.7 Å². The summed E-state index contributed by atoms with van der Waals surface area (Å²) in [6.45, 7) is 1.93. The van der Waals surface area contributed by atoms with Crippen molar-refractivity contribution in [3.63, 3.8) is 0 Å². The lowest BCUT2D eigenvalue weighted by atomic mass is 10.1. The van der Waals surface area contributed by atoms with E-state index in [0.29, 0.717) is 39.7 Å². The van der Waals surface area contributed by atoms with Gasteiger partial charge in [0.25, 0.3) is 11.5 Å². The largest absolute Gasteiger partial charge is 0.467 e. The van der Waals surface area contributed by atoms with Crippen molar-refractivity contribution in [2.75, 3.05) is 5.75 Å². The summed E-state index contributed by atoms with van der Waals surface area (Å²) >= 11 is 1.21. The van der Waals surface area contributed by atoms with Crippen LogP contribution in [0.4, 0.5) is 0 Å². The molecule has 8 nitrogen and oxygen atoms in total. The van der Waals surface area contributed by atoms with E-state index in [1.807, 2.05) is 37.3 Å². The number of aromatic nitrogens is 2. The van der Waals surface area contributed by atoms with Crippen molar-refractivity contribution >= 4 is 34.3 Å². The number of carbonyl (C=O) groups is 1. The summed E-state index contributed by atoms with van der Waals surface area (Å²) in [5, 5.41) is 7.00. The van der Waals surface area contributed by atoms with Gasteiger partial charge in [-0.15, -0.1) is 0 Å². The van der Waals surface area contributed by atoms with Gasteiger partial charge in [0.15, 0.2) is 5.16 Å². The molecular formula is C23H20N4O4S. The van der Waals surface area contributed by atoms with Crippen molar-refractivity contribution in [3.05, 3.63) is 82.4 Å². The summed E-state index contributed by atoms with van der Waals surface area (Å²) in [4.78, 5) is 30.5. The second-order valence-corrected chi connectivity index (χ2v) is 8.51. The fraction of sp³-hybridized carbons (Fsp3) is 0.217. The Morgan fingerprint density at radius 3 is 2.75 bits per heavy atom. The van der Waals surface area contributed by atoms with Crippen LogP contribution in [0, 0.1) is 6.92 Å². The van der Waals surface area contributed by atoms with Crippen LogP contribution in [0.2, 0.25) is 0 Å². The van der Waals surface area contributed by atoms with Gasteiger partial charge in [0, 0.05) is 13.5 Å². The Morgan fingerprint density at radius 1 is 1.19 bits per heavy atom. The first-order valence-corrected chi connectivity index (χ1v) is 11.1. The highest BCUT2D eigenvalue weighted by Crippen LogP contribution is 2.34. The van der Waals surface area contributed by atoms with E-state index < -0.39 is 0 Å². The third kappa shape index (κ3) is 3.64. The predicted octanol–water partition coefficient (Wildman–Crippen LogP) is 3.90. The van der Waals surface area contributed by atoms with Gasteiger partial charge in [0.1, 0.15) is 23.3 Å². The number of hydrogen-bond donors (Lipinski definition) is 0. The minimum atomic E-state index is -0.352. The Morgan fingerprint density at radius 2 is 2.00 bits per heavy atom. The molecule has 9 heteroatoms. The van der Waals surface area contributed by atoms with Gasteiger partial charge in [-0.1, -0.05) is 23.4 Å². The van der Waals surface area contributed by atoms with Gasteiger partial charge < -0.3 is 8.83 Å². The quantitative estimate of drug-likeness (QED) is 0.340. The number of hydrogen-bond acceptors (Lipinski definition) is 7. The Balaban J connectivity index is 1.40. The van der Waals surface area contributed by atoms with Crippen LogP contribution in [0.25, 0.3) is 10.9 Å². The predicted molar refractivity (Wildman–Crippen MR) is 121 cm³/mol. The number of furan rings is 2. The number of fused-ring (bicyclic) bond motifs is 1. The van der Waals surface area contributed by atoms with Gasteiger partial charge in [-0.3, -0.25) is 14.2 Å². The molecule has 1 aliphatic heterocycles. The van der Waals surface area contributed by atoms with Crippen molar-refractivity contribution in [2.45, 2.75) is 24.5 Å². The average Bonchev–Trinajstić information content (AvgIpc) is 3.55. The van der Waals surface area contributed by atoms with Gasteiger partial charge in [0.2, 0.25) is 0 Å². The molecule has 0 radical (unpaired) electrons. The summed E-state index contributed by atoms with van der Waals surface area (Å²) in [6, 6.07) is 12.4. The third-order valence-electron chi connectivity index (χ3n) is 5.36. The number of hydrazone groups is 1. The summed E-state index contributed by atoms with van der Waals surface area (Å²) in [5.74, 6) is 1.14. The lowest BCUT2D eigenvalue weighted by molar-refractivity contribution is -0.130. The molecule has 3 aromatic heterocycles. The van der Waals surface area contributed by atoms with Gasteiger partial charge in [-0.05, 0) is 43.3 Å². The molecule has 0 spiro atoms. The van der Waals surface area contributed by atoms with Crippen LogP contribution in [-0.2, 0) is 11.8 Å². The summed E-state index contributed by atoms with van der Waals surface area (Å²) in [7, 11) is 1.67. The van der Waals surface area contributed by atoms with Crippen molar-refractivity contribution < 1.29 is 13.6 Å². The fourth-order valence-electron chi connectivity index (χ4n) is 3.72. The monoisotopic (exact) mass is 448 g/mol. The topological polar surface area (TPSA) is 93.8 Å². The molecule has 0 N–H and O–H groups in total. The first kappa shape index (κ1) is 20.3. The van der Waals surface area contributed by atoms with Gasteiger partial charge >= 0.3 is 0 Å². The normalized spacial score (nSPS) is 16.0. The molecule has 162 valence electrons. The maximum Gasteiger partial charge on any atom is 0.261 e. The van der Waals surface area contributed by atoms with E-state index in [0.717, 1.165) is 5.56 Å². The lowest BCUT2D eigenvalue weighted by Crippen LogP contribution is -2.29. The molecule has 4 heterocycles. The van der Waals surface area contributed by atoms with Crippen molar-refractivity contribution in [1.29, 1.82) is 0 Å². The highest BCUT2D eigenvalue weighted by Gasteiger charge is 2.35. The van der Waals surface area contributed by atoms with E-state index in [4.69, 9.17) is 8.83 Å². The minimum Gasteiger partial charge on any atom is -0.467 e. The molecule has 1 amide bonds. The van der Waals surface area contributed by atoms with Crippen molar-refractivity contribution in [1.82, 2.24) is 14.6 Å². The van der Waals surface area contributed by atoms with E-state index in [2.05, 4.69) is 10.1 Å². The lowest BCUT2D eigenvalue weighted by Gasteiger charge is -2.19. The first-order valence-electron chi connectivity index (χ1n) is 10.1. The fourth-order valence-corrected chi connectivity index (χ4v) is 4.54. The molecule has 1 unspecified atom stereocenters. The van der Waals surface area contributed by atoms with Crippen molar-refractivity contribution in [2.24, 2.45) is 12.1 Å². The molecule has 1 aromatic carbocycles. The molecular weight excluding hydrogens is 428 g/mol. The zero-order chi connectivity index (χ0) is 22.2. The van der Waals surface area contributed by atoms with Gasteiger partial charge in [-0.25, -0.2) is 9.99 Å². The zero-order valence-electron chi connectivity index (χ0n) is 17.5. The highest BCUT2D eigenvalue weighted by atomic mass is 32.2. The van der Waals surface area contributed by atoms with Crippen LogP contribution < -0.4 is 5.56 Å². The van der Waals surface area contributed by atoms with E-state index in [9.17, 15) is 9.59 Å². The Bertz CT molecular complexity index is 1370. The number of thioether (sulfide) groups is 1. The van der Waals surface area contributed by atoms with Crippen LogP contribution in [-0.4, -0.2) is 31.9 Å². The second-order valence-electron chi connectivity index (χ2n) is 7.57. The average molecular weight is 449 g/mol. The number of aryl methyl sites for hydroxylation is 1. The molecule has 4 aromatic rings. The molecule has 1 aliphatic rings. The van der Waals surface area contributed by atoms with Crippen molar-refractivity contribution in [3.8, 4) is 0 Å². The molecule has 0 fully saturated rings. The first-order chi connectivity index (χ1) is 15.5. The Hall–Kier alpha value is -3.59. The van der Waals surface area contributed by atoms with Crippen LogP contribution in [0.3, 0.4) is 0 Å². The third-order valence-corrected chi connectivity index (χ3v) is 6.37. The number of carbonyl (C=O) groups excluding carboxylic acids is 1. The zero-order valence-corrected chi connectivity index (χ0v) is 18.3. The number of nitrogens with zero attached hydrogens (tertiary/aromatic N) is 4. The molecule has 0 saturated heterocycles. The Kier molecular flexibility index (Phi) is 5.18.